The molecule has 0 saturated heterocycles. The monoisotopic (exact) mass is 273 g/mol. The topological polar surface area (TPSA) is 75.6 Å². The zero-order chi connectivity index (χ0) is 13.4. The number of sulfonamides is 1. The lowest BCUT2D eigenvalue weighted by molar-refractivity contribution is 0.216. The second-order valence-corrected chi connectivity index (χ2v) is 5.87. The van der Waals surface area contributed by atoms with Gasteiger partial charge in [0.15, 0.2) is 0 Å². The average Bonchev–Trinajstić information content (AvgIpc) is 2.36. The Morgan fingerprint density at radius 1 is 1.33 bits per heavy atom. The van der Waals surface area contributed by atoms with Gasteiger partial charge in [-0.2, -0.15) is 0 Å². The van der Waals surface area contributed by atoms with Crippen molar-refractivity contribution in [1.29, 1.82) is 0 Å². The largest absolute Gasteiger partial charge is 0.395 e. The first-order valence-corrected chi connectivity index (χ1v) is 7.36. The zero-order valence-corrected chi connectivity index (χ0v) is 11.2. The highest BCUT2D eigenvalue weighted by Gasteiger charge is 2.17. The number of methoxy groups -OCH3 is 1. The molecule has 1 aromatic rings. The molecule has 0 bridgehead atoms. The fourth-order valence-corrected chi connectivity index (χ4v) is 2.72. The predicted molar refractivity (Wildman–Crippen MR) is 69.8 cm³/mol. The third-order valence-corrected chi connectivity index (χ3v) is 3.84. The van der Waals surface area contributed by atoms with E-state index in [1.807, 2.05) is 30.3 Å². The molecule has 102 valence electrons. The number of aliphatic hydroxyl groups excluding tert-OH is 1. The van der Waals surface area contributed by atoms with Crippen molar-refractivity contribution in [3.63, 3.8) is 0 Å². The van der Waals surface area contributed by atoms with E-state index in [0.717, 1.165) is 5.56 Å². The summed E-state index contributed by atoms with van der Waals surface area (Å²) in [5, 5.41) is 9.22. The Hall–Kier alpha value is -0.950. The second kappa shape index (κ2) is 7.48. The molecule has 5 nitrogen and oxygen atoms in total. The molecule has 0 heterocycles. The predicted octanol–water partition coefficient (Wildman–Crippen LogP) is 0.156. The number of benzene rings is 1. The highest BCUT2D eigenvalue weighted by atomic mass is 32.2. The second-order valence-electron chi connectivity index (χ2n) is 4.00. The summed E-state index contributed by atoms with van der Waals surface area (Å²) in [6, 6.07) is 8.93. The highest BCUT2D eigenvalue weighted by molar-refractivity contribution is 7.89. The first-order valence-electron chi connectivity index (χ1n) is 5.71. The molecule has 0 aliphatic heterocycles. The Kier molecular flexibility index (Phi) is 6.28. The van der Waals surface area contributed by atoms with Gasteiger partial charge in [0, 0.05) is 13.2 Å². The van der Waals surface area contributed by atoms with E-state index in [0.29, 0.717) is 6.42 Å². The average molecular weight is 273 g/mol. The summed E-state index contributed by atoms with van der Waals surface area (Å²) in [4.78, 5) is 0. The number of aliphatic hydroxyl groups is 1. The summed E-state index contributed by atoms with van der Waals surface area (Å²) < 4.78 is 30.5. The van der Waals surface area contributed by atoms with E-state index in [4.69, 9.17) is 4.74 Å². The van der Waals surface area contributed by atoms with Crippen LogP contribution in [0.15, 0.2) is 30.3 Å². The SMILES string of the molecule is COCCS(=O)(=O)NC(CO)Cc1ccccc1. The minimum Gasteiger partial charge on any atom is -0.395 e. The standard InChI is InChI=1S/C12H19NO4S/c1-17-7-8-18(15,16)13-12(10-14)9-11-5-3-2-4-6-11/h2-6,12-14H,7-10H2,1H3. The molecule has 0 radical (unpaired) electrons. The summed E-state index contributed by atoms with van der Waals surface area (Å²) in [5.41, 5.74) is 0.978. The van der Waals surface area contributed by atoms with E-state index in [1.54, 1.807) is 0 Å². The first kappa shape index (κ1) is 15.1. The summed E-state index contributed by atoms with van der Waals surface area (Å²) in [5.74, 6) is -0.102. The maximum atomic E-state index is 11.6. The molecule has 0 aromatic heterocycles. The molecule has 0 aliphatic carbocycles. The number of hydrogen-bond donors (Lipinski definition) is 2. The molecule has 1 atom stereocenters. The maximum Gasteiger partial charge on any atom is 0.214 e. The van der Waals surface area contributed by atoms with Gasteiger partial charge in [0.25, 0.3) is 0 Å². The van der Waals surface area contributed by atoms with Gasteiger partial charge in [-0.25, -0.2) is 13.1 Å². The summed E-state index contributed by atoms with van der Waals surface area (Å²) in [7, 11) is -1.96. The number of ether oxygens (including phenoxy) is 1. The Morgan fingerprint density at radius 3 is 2.56 bits per heavy atom. The fourth-order valence-electron chi connectivity index (χ4n) is 1.55. The molecule has 0 fully saturated rings. The van der Waals surface area contributed by atoms with Crippen LogP contribution < -0.4 is 4.72 Å². The van der Waals surface area contributed by atoms with Crippen LogP contribution in [0.1, 0.15) is 5.56 Å². The van der Waals surface area contributed by atoms with Gasteiger partial charge in [0.1, 0.15) is 0 Å². The minimum absolute atomic E-state index is 0.102. The number of rotatable bonds is 8. The van der Waals surface area contributed by atoms with Crippen LogP contribution in [0.5, 0.6) is 0 Å². The Labute approximate surface area is 108 Å². The number of nitrogens with one attached hydrogen (secondary N) is 1. The third-order valence-electron chi connectivity index (χ3n) is 2.45. The zero-order valence-electron chi connectivity index (χ0n) is 10.4. The van der Waals surface area contributed by atoms with Crippen LogP contribution in [-0.2, 0) is 21.2 Å². The van der Waals surface area contributed by atoms with Crippen molar-refractivity contribution in [1.82, 2.24) is 4.72 Å². The smallest absolute Gasteiger partial charge is 0.214 e. The normalized spacial score (nSPS) is 13.4. The van der Waals surface area contributed by atoms with Gasteiger partial charge in [0.2, 0.25) is 10.0 Å². The summed E-state index contributed by atoms with van der Waals surface area (Å²) in [6.07, 6.45) is 0.462. The van der Waals surface area contributed by atoms with Crippen LogP contribution in [-0.4, -0.2) is 45.6 Å². The summed E-state index contributed by atoms with van der Waals surface area (Å²) in [6.45, 7) is -0.0973. The van der Waals surface area contributed by atoms with E-state index in [1.165, 1.54) is 7.11 Å². The molecule has 6 heteroatoms. The Morgan fingerprint density at radius 2 is 2.00 bits per heavy atom. The molecule has 2 N–H and O–H groups in total. The fraction of sp³-hybridized carbons (Fsp3) is 0.500. The van der Waals surface area contributed by atoms with E-state index in [-0.39, 0.29) is 19.0 Å². The molecule has 0 saturated carbocycles. The Balaban J connectivity index is 2.57. The van der Waals surface area contributed by atoms with Crippen molar-refractivity contribution in [3.05, 3.63) is 35.9 Å². The van der Waals surface area contributed by atoms with Gasteiger partial charge >= 0.3 is 0 Å². The first-order chi connectivity index (χ1) is 8.57. The van der Waals surface area contributed by atoms with Gasteiger partial charge in [-0.05, 0) is 12.0 Å². The lowest BCUT2D eigenvalue weighted by Gasteiger charge is -2.16. The van der Waals surface area contributed by atoms with Crippen LogP contribution >= 0.6 is 0 Å². The molecule has 18 heavy (non-hydrogen) atoms. The molecule has 1 rings (SSSR count). The van der Waals surface area contributed by atoms with Crippen molar-refractivity contribution in [2.45, 2.75) is 12.5 Å². The van der Waals surface area contributed by atoms with Crippen molar-refractivity contribution in [2.75, 3.05) is 26.1 Å². The van der Waals surface area contributed by atoms with E-state index in [9.17, 15) is 13.5 Å². The van der Waals surface area contributed by atoms with Crippen molar-refractivity contribution >= 4 is 10.0 Å². The molecule has 0 amide bonds. The van der Waals surface area contributed by atoms with Crippen molar-refractivity contribution in [2.24, 2.45) is 0 Å². The van der Waals surface area contributed by atoms with Gasteiger partial charge in [-0.15, -0.1) is 0 Å². The molecule has 1 unspecified atom stereocenters. The molecular formula is C12H19NO4S. The van der Waals surface area contributed by atoms with Crippen LogP contribution in [0, 0.1) is 0 Å². The van der Waals surface area contributed by atoms with Crippen LogP contribution in [0.3, 0.4) is 0 Å². The third kappa shape index (κ3) is 5.59. The van der Waals surface area contributed by atoms with Crippen molar-refractivity contribution in [3.8, 4) is 0 Å². The lowest BCUT2D eigenvalue weighted by atomic mass is 10.1. The van der Waals surface area contributed by atoms with Crippen LogP contribution in [0.4, 0.5) is 0 Å². The number of hydrogen-bond acceptors (Lipinski definition) is 4. The molecule has 0 spiro atoms. The molecule has 0 aliphatic rings. The van der Waals surface area contributed by atoms with Gasteiger partial charge < -0.3 is 9.84 Å². The van der Waals surface area contributed by atoms with Gasteiger partial charge in [-0.3, -0.25) is 0 Å². The van der Waals surface area contributed by atoms with E-state index in [2.05, 4.69) is 4.72 Å². The van der Waals surface area contributed by atoms with Crippen LogP contribution in [0.25, 0.3) is 0 Å². The molecule has 1 aromatic carbocycles. The minimum atomic E-state index is -3.41. The van der Waals surface area contributed by atoms with E-state index < -0.39 is 16.1 Å². The van der Waals surface area contributed by atoms with Gasteiger partial charge in [0.05, 0.1) is 19.0 Å². The highest BCUT2D eigenvalue weighted by Crippen LogP contribution is 2.04. The lowest BCUT2D eigenvalue weighted by Crippen LogP contribution is -2.40. The van der Waals surface area contributed by atoms with Crippen molar-refractivity contribution < 1.29 is 18.3 Å². The quantitative estimate of drug-likeness (QED) is 0.707. The molecular weight excluding hydrogens is 254 g/mol. The summed E-state index contributed by atoms with van der Waals surface area (Å²) >= 11 is 0. The van der Waals surface area contributed by atoms with E-state index >= 15 is 0 Å². The maximum absolute atomic E-state index is 11.6. The Bertz CT molecular complexity index is 433. The van der Waals surface area contributed by atoms with Gasteiger partial charge in [-0.1, -0.05) is 30.3 Å². The van der Waals surface area contributed by atoms with Crippen LogP contribution in [0.2, 0.25) is 0 Å².